The maximum absolute atomic E-state index is 13.6. The summed E-state index contributed by atoms with van der Waals surface area (Å²) in [7, 11) is 0. The van der Waals surface area contributed by atoms with Gasteiger partial charge in [-0.15, -0.1) is 0 Å². The van der Waals surface area contributed by atoms with Crippen molar-refractivity contribution in [2.45, 2.75) is 39.2 Å². The van der Waals surface area contributed by atoms with Gasteiger partial charge in [0.1, 0.15) is 23.4 Å². The van der Waals surface area contributed by atoms with Crippen LogP contribution >= 0.6 is 15.9 Å². The zero-order valence-corrected chi connectivity index (χ0v) is 13.2. The minimum Gasteiger partial charge on any atom is -0.369 e. The summed E-state index contributed by atoms with van der Waals surface area (Å²) in [6.07, 6.45) is 3.01. The van der Waals surface area contributed by atoms with Gasteiger partial charge < -0.3 is 10.6 Å². The summed E-state index contributed by atoms with van der Waals surface area (Å²) < 4.78 is 27.6. The topological polar surface area (TPSA) is 41.1 Å². The summed E-state index contributed by atoms with van der Waals surface area (Å²) in [4.78, 5) is 11.8. The predicted molar refractivity (Wildman–Crippen MR) is 79.7 cm³/mol. The fourth-order valence-electron chi connectivity index (χ4n) is 1.70. The van der Waals surface area contributed by atoms with Crippen LogP contribution in [-0.2, 0) is 4.79 Å². The van der Waals surface area contributed by atoms with Crippen LogP contribution in [0.25, 0.3) is 0 Å². The number of rotatable bonds is 7. The van der Waals surface area contributed by atoms with Gasteiger partial charge in [-0.2, -0.15) is 0 Å². The van der Waals surface area contributed by atoms with Crippen molar-refractivity contribution in [2.75, 3.05) is 11.9 Å². The number of benzene rings is 1. The Balaban J connectivity index is 2.57. The van der Waals surface area contributed by atoms with E-state index in [9.17, 15) is 13.6 Å². The van der Waals surface area contributed by atoms with Crippen molar-refractivity contribution in [1.29, 1.82) is 0 Å². The number of nitrogens with one attached hydrogen (secondary N) is 2. The highest BCUT2D eigenvalue weighted by Gasteiger charge is 2.17. The van der Waals surface area contributed by atoms with Gasteiger partial charge in [0, 0.05) is 11.0 Å². The summed E-state index contributed by atoms with van der Waals surface area (Å²) in [6.45, 7) is 4.21. The molecule has 1 amide bonds. The van der Waals surface area contributed by atoms with Crippen LogP contribution in [0, 0.1) is 11.6 Å². The Morgan fingerprint density at radius 2 is 1.90 bits per heavy atom. The van der Waals surface area contributed by atoms with E-state index in [1.807, 2.05) is 0 Å². The highest BCUT2D eigenvalue weighted by atomic mass is 79.9. The second kappa shape index (κ2) is 8.19. The molecule has 0 saturated heterocycles. The Labute approximate surface area is 126 Å². The van der Waals surface area contributed by atoms with Crippen LogP contribution in [0.4, 0.5) is 14.5 Å². The first-order valence-electron chi connectivity index (χ1n) is 6.64. The first-order valence-corrected chi connectivity index (χ1v) is 7.43. The van der Waals surface area contributed by atoms with Gasteiger partial charge in [-0.1, -0.05) is 35.7 Å². The molecule has 1 atom stereocenters. The average molecular weight is 349 g/mol. The van der Waals surface area contributed by atoms with Crippen molar-refractivity contribution < 1.29 is 13.6 Å². The number of halogens is 3. The Morgan fingerprint density at radius 3 is 2.45 bits per heavy atom. The van der Waals surface area contributed by atoms with E-state index < -0.39 is 17.7 Å². The molecule has 0 aromatic heterocycles. The summed E-state index contributed by atoms with van der Waals surface area (Å²) in [6, 6.07) is 1.59. The second-order valence-electron chi connectivity index (χ2n) is 4.61. The van der Waals surface area contributed by atoms with Gasteiger partial charge in [0.2, 0.25) is 5.91 Å². The van der Waals surface area contributed by atoms with Gasteiger partial charge in [0.05, 0.1) is 0 Å². The molecular weight excluding hydrogens is 330 g/mol. The van der Waals surface area contributed by atoms with E-state index in [0.717, 1.165) is 31.4 Å². The van der Waals surface area contributed by atoms with Crippen LogP contribution in [0.3, 0.4) is 0 Å². The number of carbonyl (C=O) groups is 1. The largest absolute Gasteiger partial charge is 0.369 e. The molecule has 0 bridgehead atoms. The molecule has 0 aliphatic rings. The monoisotopic (exact) mass is 348 g/mol. The summed E-state index contributed by atoms with van der Waals surface area (Å²) in [5.74, 6) is -1.74. The fourth-order valence-corrected chi connectivity index (χ4v) is 2.10. The zero-order chi connectivity index (χ0) is 15.1. The van der Waals surface area contributed by atoms with Gasteiger partial charge >= 0.3 is 0 Å². The molecule has 1 aromatic carbocycles. The van der Waals surface area contributed by atoms with Crippen molar-refractivity contribution in [1.82, 2.24) is 5.32 Å². The predicted octanol–water partition coefficient (Wildman–Crippen LogP) is 3.83. The average Bonchev–Trinajstić information content (AvgIpc) is 2.38. The van der Waals surface area contributed by atoms with E-state index in [1.165, 1.54) is 0 Å². The normalized spacial score (nSPS) is 12.1. The van der Waals surface area contributed by atoms with E-state index in [-0.39, 0.29) is 11.6 Å². The van der Waals surface area contributed by atoms with Crippen LogP contribution in [0.2, 0.25) is 0 Å². The first kappa shape index (κ1) is 16.9. The lowest BCUT2D eigenvalue weighted by atomic mass is 10.2. The summed E-state index contributed by atoms with van der Waals surface area (Å²) in [5, 5.41) is 5.30. The lowest BCUT2D eigenvalue weighted by molar-refractivity contribution is -0.121. The molecule has 0 heterocycles. The standard InChI is InChI=1S/C14H19BrF2N2O/c1-3-4-5-6-18-14(20)9(2)19-13-11(16)7-10(15)8-12(13)17/h7-9,19H,3-6H2,1-2H3,(H,18,20). The quantitative estimate of drug-likeness (QED) is 0.735. The van der Waals surface area contributed by atoms with Crippen LogP contribution < -0.4 is 10.6 Å². The number of amides is 1. The third-order valence-corrected chi connectivity index (χ3v) is 3.30. The Morgan fingerprint density at radius 1 is 1.30 bits per heavy atom. The van der Waals surface area contributed by atoms with Gasteiger partial charge in [0.25, 0.3) is 0 Å². The lowest BCUT2D eigenvalue weighted by Gasteiger charge is -2.16. The molecule has 0 fully saturated rings. The van der Waals surface area contributed by atoms with Crippen molar-refractivity contribution in [3.8, 4) is 0 Å². The van der Waals surface area contributed by atoms with E-state index >= 15 is 0 Å². The SMILES string of the molecule is CCCCCNC(=O)C(C)Nc1c(F)cc(Br)cc1F. The lowest BCUT2D eigenvalue weighted by Crippen LogP contribution is -2.38. The fraction of sp³-hybridized carbons (Fsp3) is 0.500. The molecule has 0 spiro atoms. The molecule has 1 aromatic rings. The Bertz CT molecular complexity index is 445. The number of unbranched alkanes of at least 4 members (excludes halogenated alkanes) is 2. The van der Waals surface area contributed by atoms with Crippen LogP contribution in [0.15, 0.2) is 16.6 Å². The van der Waals surface area contributed by atoms with E-state index in [0.29, 0.717) is 11.0 Å². The van der Waals surface area contributed by atoms with Crippen LogP contribution in [-0.4, -0.2) is 18.5 Å². The second-order valence-corrected chi connectivity index (χ2v) is 5.52. The summed E-state index contributed by atoms with van der Waals surface area (Å²) in [5.41, 5.74) is -0.288. The van der Waals surface area contributed by atoms with Crippen LogP contribution in [0.5, 0.6) is 0 Å². The third kappa shape index (κ3) is 5.07. The van der Waals surface area contributed by atoms with Gasteiger partial charge in [0.15, 0.2) is 0 Å². The number of carbonyl (C=O) groups excluding carboxylic acids is 1. The number of anilines is 1. The molecule has 0 aliphatic heterocycles. The highest BCUT2D eigenvalue weighted by Crippen LogP contribution is 2.24. The van der Waals surface area contributed by atoms with Crippen molar-refractivity contribution in [2.24, 2.45) is 0 Å². The molecule has 0 radical (unpaired) electrons. The van der Waals surface area contributed by atoms with Gasteiger partial charge in [-0.25, -0.2) is 8.78 Å². The first-order chi connectivity index (χ1) is 9.45. The smallest absolute Gasteiger partial charge is 0.242 e. The molecule has 6 heteroatoms. The molecular formula is C14H19BrF2N2O. The highest BCUT2D eigenvalue weighted by molar-refractivity contribution is 9.10. The third-order valence-electron chi connectivity index (χ3n) is 2.84. The zero-order valence-electron chi connectivity index (χ0n) is 11.6. The maximum atomic E-state index is 13.6. The Kier molecular flexibility index (Phi) is 6.91. The molecule has 0 aliphatic carbocycles. The van der Waals surface area contributed by atoms with Crippen molar-refractivity contribution in [3.05, 3.63) is 28.2 Å². The molecule has 3 nitrogen and oxygen atoms in total. The molecule has 20 heavy (non-hydrogen) atoms. The molecule has 1 rings (SSSR count). The van der Waals surface area contributed by atoms with Gasteiger partial charge in [-0.05, 0) is 25.5 Å². The molecule has 0 saturated carbocycles. The number of hydrogen-bond acceptors (Lipinski definition) is 2. The maximum Gasteiger partial charge on any atom is 0.242 e. The minimum absolute atomic E-state index is 0.275. The molecule has 112 valence electrons. The van der Waals surface area contributed by atoms with Crippen LogP contribution in [0.1, 0.15) is 33.1 Å². The van der Waals surface area contributed by atoms with E-state index in [2.05, 4.69) is 33.5 Å². The van der Waals surface area contributed by atoms with Crippen molar-refractivity contribution >= 4 is 27.5 Å². The van der Waals surface area contributed by atoms with Crippen molar-refractivity contribution in [3.63, 3.8) is 0 Å². The van der Waals surface area contributed by atoms with E-state index in [1.54, 1.807) is 6.92 Å². The molecule has 1 unspecified atom stereocenters. The van der Waals surface area contributed by atoms with E-state index in [4.69, 9.17) is 0 Å². The minimum atomic E-state index is -0.734. The Hall–Kier alpha value is -1.17. The van der Waals surface area contributed by atoms with Gasteiger partial charge in [-0.3, -0.25) is 4.79 Å². The molecule has 2 N–H and O–H groups in total. The summed E-state index contributed by atoms with van der Waals surface area (Å²) >= 11 is 3.00. The number of hydrogen-bond donors (Lipinski definition) is 2.